The SMILES string of the molecule is CC[C@H](Sc1nnc(C)n2c1cc1sccc12)C(=O)Nc1ccccc1C. The Bertz CT molecular complexity index is 1130. The number of nitrogens with one attached hydrogen (secondary N) is 1. The minimum atomic E-state index is -0.238. The fourth-order valence-electron chi connectivity index (χ4n) is 3.11. The molecule has 1 N–H and O–H groups in total. The first kappa shape index (κ1) is 18.0. The summed E-state index contributed by atoms with van der Waals surface area (Å²) >= 11 is 3.18. The van der Waals surface area contributed by atoms with E-state index in [0.717, 1.165) is 33.1 Å². The van der Waals surface area contributed by atoms with E-state index >= 15 is 0 Å². The molecule has 0 fully saturated rings. The molecule has 27 heavy (non-hydrogen) atoms. The molecule has 3 aromatic heterocycles. The van der Waals surface area contributed by atoms with Gasteiger partial charge in [0.25, 0.3) is 0 Å². The van der Waals surface area contributed by atoms with Crippen molar-refractivity contribution in [2.24, 2.45) is 0 Å². The van der Waals surface area contributed by atoms with E-state index in [-0.39, 0.29) is 11.2 Å². The standard InChI is InChI=1S/C20H20N4OS2/c1-4-17(19(25)21-14-8-6-5-7-12(14)2)27-20-16-11-18-15(9-10-26-18)24(16)13(3)22-23-20/h5-11,17H,4H2,1-3H3,(H,21,25)/t17-/m0/s1. The number of thioether (sulfide) groups is 1. The second kappa shape index (κ2) is 7.32. The smallest absolute Gasteiger partial charge is 0.237 e. The van der Waals surface area contributed by atoms with Gasteiger partial charge in [0, 0.05) is 5.69 Å². The molecule has 0 aliphatic rings. The first-order chi connectivity index (χ1) is 13.1. The first-order valence-corrected chi connectivity index (χ1v) is 10.6. The molecule has 1 atom stereocenters. The van der Waals surface area contributed by atoms with Crippen molar-refractivity contribution < 1.29 is 4.79 Å². The van der Waals surface area contributed by atoms with E-state index < -0.39 is 0 Å². The fourth-order valence-corrected chi connectivity index (χ4v) is 4.88. The van der Waals surface area contributed by atoms with Gasteiger partial charge in [0.15, 0.2) is 0 Å². The maximum atomic E-state index is 12.8. The molecule has 0 radical (unpaired) electrons. The highest BCUT2D eigenvalue weighted by Gasteiger charge is 2.22. The summed E-state index contributed by atoms with van der Waals surface area (Å²) in [7, 11) is 0. The van der Waals surface area contributed by atoms with Crippen LogP contribution in [-0.4, -0.2) is 25.8 Å². The number of aromatic nitrogens is 3. The lowest BCUT2D eigenvalue weighted by molar-refractivity contribution is -0.115. The number of benzene rings is 1. The predicted molar refractivity (Wildman–Crippen MR) is 113 cm³/mol. The van der Waals surface area contributed by atoms with Gasteiger partial charge < -0.3 is 5.32 Å². The van der Waals surface area contributed by atoms with Crippen LogP contribution in [0.4, 0.5) is 5.69 Å². The van der Waals surface area contributed by atoms with Crippen molar-refractivity contribution in [1.29, 1.82) is 0 Å². The van der Waals surface area contributed by atoms with Crippen molar-refractivity contribution >= 4 is 50.4 Å². The lowest BCUT2D eigenvalue weighted by Crippen LogP contribution is -2.25. The summed E-state index contributed by atoms with van der Waals surface area (Å²) in [4.78, 5) is 12.8. The van der Waals surface area contributed by atoms with Gasteiger partial charge in [-0.1, -0.05) is 36.9 Å². The molecule has 0 saturated carbocycles. The summed E-state index contributed by atoms with van der Waals surface area (Å²) in [5.74, 6) is 0.839. The number of anilines is 1. The van der Waals surface area contributed by atoms with Crippen molar-refractivity contribution in [1.82, 2.24) is 14.6 Å². The molecule has 5 nitrogen and oxygen atoms in total. The lowest BCUT2D eigenvalue weighted by atomic mass is 10.2. The highest BCUT2D eigenvalue weighted by molar-refractivity contribution is 8.00. The third-order valence-corrected chi connectivity index (χ3v) is 6.77. The van der Waals surface area contributed by atoms with Crippen LogP contribution in [-0.2, 0) is 4.79 Å². The summed E-state index contributed by atoms with van der Waals surface area (Å²) in [6.45, 7) is 5.96. The van der Waals surface area contributed by atoms with Crippen LogP contribution in [0.5, 0.6) is 0 Å². The molecule has 0 unspecified atom stereocenters. The molecule has 4 aromatic rings. The third-order valence-electron chi connectivity index (χ3n) is 4.57. The Kier molecular flexibility index (Phi) is 4.88. The maximum absolute atomic E-state index is 12.8. The van der Waals surface area contributed by atoms with Crippen LogP contribution < -0.4 is 5.32 Å². The Balaban J connectivity index is 1.64. The second-order valence-electron chi connectivity index (χ2n) is 6.41. The second-order valence-corrected chi connectivity index (χ2v) is 8.55. The molecule has 138 valence electrons. The molecule has 7 heteroatoms. The fraction of sp³-hybridized carbons (Fsp3) is 0.250. The number of carbonyl (C=O) groups excluding carboxylic acids is 1. The van der Waals surface area contributed by atoms with Gasteiger partial charge in [0.1, 0.15) is 10.9 Å². The van der Waals surface area contributed by atoms with Crippen LogP contribution in [0.15, 0.2) is 46.8 Å². The topological polar surface area (TPSA) is 59.3 Å². The number of thiophene rings is 1. The Hall–Kier alpha value is -2.38. The zero-order valence-electron chi connectivity index (χ0n) is 15.4. The van der Waals surface area contributed by atoms with E-state index in [0.29, 0.717) is 6.42 Å². The largest absolute Gasteiger partial charge is 0.325 e. The molecule has 0 bridgehead atoms. The van der Waals surface area contributed by atoms with E-state index in [1.807, 2.05) is 45.0 Å². The molecule has 0 aliphatic heterocycles. The van der Waals surface area contributed by atoms with Crippen LogP contribution in [0, 0.1) is 13.8 Å². The molecular weight excluding hydrogens is 376 g/mol. The number of rotatable bonds is 5. The Morgan fingerprint density at radius 2 is 2.04 bits per heavy atom. The van der Waals surface area contributed by atoms with Crippen LogP contribution >= 0.6 is 23.1 Å². The summed E-state index contributed by atoms with van der Waals surface area (Å²) in [5.41, 5.74) is 4.05. The molecular formula is C20H20N4OS2. The van der Waals surface area contributed by atoms with Gasteiger partial charge in [-0.2, -0.15) is 0 Å². The van der Waals surface area contributed by atoms with Gasteiger partial charge in [0.2, 0.25) is 5.91 Å². The number of hydrogen-bond donors (Lipinski definition) is 1. The van der Waals surface area contributed by atoms with Crippen LogP contribution in [0.1, 0.15) is 24.7 Å². The van der Waals surface area contributed by atoms with Crippen LogP contribution in [0.3, 0.4) is 0 Å². The van der Waals surface area contributed by atoms with Gasteiger partial charge in [0.05, 0.1) is 21.0 Å². The van der Waals surface area contributed by atoms with Crippen molar-refractivity contribution in [3.05, 3.63) is 53.2 Å². The van der Waals surface area contributed by atoms with Crippen molar-refractivity contribution in [2.75, 3.05) is 5.32 Å². The summed E-state index contributed by atoms with van der Waals surface area (Å²) in [5, 5.41) is 14.4. The zero-order chi connectivity index (χ0) is 19.0. The molecule has 4 rings (SSSR count). The molecule has 3 heterocycles. The number of para-hydroxylation sites is 1. The average Bonchev–Trinajstić information content (AvgIpc) is 3.24. The molecule has 1 amide bonds. The molecule has 1 aromatic carbocycles. The minimum Gasteiger partial charge on any atom is -0.325 e. The Morgan fingerprint density at radius 3 is 2.81 bits per heavy atom. The number of carbonyl (C=O) groups is 1. The van der Waals surface area contributed by atoms with E-state index in [1.54, 1.807) is 11.3 Å². The predicted octanol–water partition coefficient (Wildman–Crippen LogP) is 5.07. The lowest BCUT2D eigenvalue weighted by Gasteiger charge is -2.16. The van der Waals surface area contributed by atoms with E-state index in [4.69, 9.17) is 0 Å². The average molecular weight is 397 g/mol. The third kappa shape index (κ3) is 3.33. The Labute approximate surface area is 165 Å². The zero-order valence-corrected chi connectivity index (χ0v) is 17.0. The van der Waals surface area contributed by atoms with Crippen molar-refractivity contribution in [3.63, 3.8) is 0 Å². The van der Waals surface area contributed by atoms with Crippen molar-refractivity contribution in [3.8, 4) is 0 Å². The first-order valence-electron chi connectivity index (χ1n) is 8.83. The molecule has 0 aliphatic carbocycles. The number of hydrogen-bond acceptors (Lipinski definition) is 5. The molecule has 0 saturated heterocycles. The van der Waals surface area contributed by atoms with Gasteiger partial charge in [-0.15, -0.1) is 21.5 Å². The normalized spacial score (nSPS) is 12.6. The minimum absolute atomic E-state index is 0.00862. The van der Waals surface area contributed by atoms with Crippen molar-refractivity contribution in [2.45, 2.75) is 37.5 Å². The van der Waals surface area contributed by atoms with E-state index in [9.17, 15) is 4.79 Å². The van der Waals surface area contributed by atoms with Gasteiger partial charge in [-0.25, -0.2) is 0 Å². The maximum Gasteiger partial charge on any atom is 0.237 e. The van der Waals surface area contributed by atoms with E-state index in [1.165, 1.54) is 16.5 Å². The quantitative estimate of drug-likeness (QED) is 0.479. The highest BCUT2D eigenvalue weighted by Crippen LogP contribution is 2.33. The number of nitrogens with zero attached hydrogens (tertiary/aromatic N) is 3. The van der Waals surface area contributed by atoms with E-state index in [2.05, 4.69) is 37.4 Å². The Morgan fingerprint density at radius 1 is 1.22 bits per heavy atom. The van der Waals surface area contributed by atoms with Gasteiger partial charge >= 0.3 is 0 Å². The number of amides is 1. The number of aryl methyl sites for hydroxylation is 2. The highest BCUT2D eigenvalue weighted by atomic mass is 32.2. The van der Waals surface area contributed by atoms with Crippen LogP contribution in [0.2, 0.25) is 0 Å². The summed E-state index contributed by atoms with van der Waals surface area (Å²) in [6, 6.07) is 12.0. The van der Waals surface area contributed by atoms with Gasteiger partial charge in [-0.3, -0.25) is 9.20 Å². The molecule has 0 spiro atoms. The summed E-state index contributed by atoms with van der Waals surface area (Å²) < 4.78 is 3.32. The van der Waals surface area contributed by atoms with Crippen LogP contribution in [0.25, 0.3) is 15.7 Å². The summed E-state index contributed by atoms with van der Waals surface area (Å²) in [6.07, 6.45) is 0.708. The monoisotopic (exact) mass is 396 g/mol. The van der Waals surface area contributed by atoms with Gasteiger partial charge in [-0.05, 0) is 49.4 Å². The number of fused-ring (bicyclic) bond motifs is 3.